The Morgan fingerprint density at radius 2 is 1.68 bits per heavy atom. The summed E-state index contributed by atoms with van der Waals surface area (Å²) in [6, 6.07) is 23.0. The van der Waals surface area contributed by atoms with Gasteiger partial charge in [-0.05, 0) is 98.1 Å². The largest absolute Gasteiger partial charge is 0.354 e. The second kappa shape index (κ2) is 11.8. The van der Waals surface area contributed by atoms with Gasteiger partial charge in [-0.1, -0.05) is 49.4 Å². The number of fused-ring (bicyclic) bond motifs is 1. The molecule has 3 aliphatic heterocycles. The van der Waals surface area contributed by atoms with Gasteiger partial charge in [-0.2, -0.15) is 0 Å². The minimum absolute atomic E-state index is 0.159. The Hall–Kier alpha value is -3.50. The first-order valence-electron chi connectivity index (χ1n) is 15.9. The topological polar surface area (TPSA) is 93.8 Å². The lowest BCUT2D eigenvalue weighted by Gasteiger charge is -2.24. The normalized spacial score (nSPS) is 23.2. The van der Waals surface area contributed by atoms with Crippen molar-refractivity contribution in [3.63, 3.8) is 0 Å². The predicted octanol–water partition coefficient (Wildman–Crippen LogP) is 5.23. The van der Waals surface area contributed by atoms with E-state index in [0.29, 0.717) is 40.4 Å². The van der Waals surface area contributed by atoms with Crippen LogP contribution in [0.2, 0.25) is 0 Å². The zero-order valence-electron chi connectivity index (χ0n) is 25.3. The number of nitrogens with one attached hydrogen (secondary N) is 3. The fourth-order valence-corrected chi connectivity index (χ4v) is 8.11. The van der Waals surface area contributed by atoms with Crippen molar-refractivity contribution in [3.8, 4) is 0 Å². The van der Waals surface area contributed by atoms with E-state index in [1.54, 1.807) is 18.2 Å². The Bertz CT molecular complexity index is 1680. The van der Waals surface area contributed by atoms with Crippen molar-refractivity contribution < 1.29 is 13.2 Å². The Morgan fingerprint density at radius 1 is 0.955 bits per heavy atom. The molecule has 1 unspecified atom stereocenters. The van der Waals surface area contributed by atoms with Gasteiger partial charge < -0.3 is 15.5 Å². The molecule has 3 aromatic rings. The maximum absolute atomic E-state index is 13.4. The van der Waals surface area contributed by atoms with Crippen LogP contribution < -0.4 is 15.4 Å². The predicted molar refractivity (Wildman–Crippen MR) is 175 cm³/mol. The van der Waals surface area contributed by atoms with Crippen LogP contribution in [-0.2, 0) is 21.4 Å². The molecule has 3 fully saturated rings. The Kier molecular flexibility index (Phi) is 7.82. The summed E-state index contributed by atoms with van der Waals surface area (Å²) < 4.78 is 28.9. The SMILES string of the molecule is CCN1CCC2(CCN(Cc3ccc(N/C(=C4\C(=O)Nc5ccc(S(=O)(=O)NCC6CC6)cc54)c4ccccc4)cc3)C2)C1. The molecule has 1 atom stereocenters. The zero-order valence-corrected chi connectivity index (χ0v) is 26.1. The van der Waals surface area contributed by atoms with Gasteiger partial charge in [-0.25, -0.2) is 13.1 Å². The van der Waals surface area contributed by atoms with E-state index in [9.17, 15) is 13.2 Å². The molecule has 1 amide bonds. The molecule has 8 nitrogen and oxygen atoms in total. The van der Waals surface area contributed by atoms with Gasteiger partial charge in [0.15, 0.2) is 0 Å². The number of amides is 1. The van der Waals surface area contributed by atoms with E-state index in [1.165, 1.54) is 31.5 Å². The smallest absolute Gasteiger partial charge is 0.258 e. The van der Waals surface area contributed by atoms with Crippen LogP contribution in [-0.4, -0.2) is 63.4 Å². The van der Waals surface area contributed by atoms with Gasteiger partial charge in [-0.3, -0.25) is 9.69 Å². The van der Waals surface area contributed by atoms with Crippen molar-refractivity contribution in [3.05, 3.63) is 89.5 Å². The molecule has 3 heterocycles. The Morgan fingerprint density at radius 3 is 2.39 bits per heavy atom. The standard InChI is InChI=1S/C35H41N5O3S/c1-2-39-18-16-35(23-39)17-19-40(24-35)22-26-10-12-28(13-11-26)37-33(27-6-4-3-5-7-27)32-30-20-29(14-15-31(30)38-34(32)41)44(42,43)36-21-25-8-9-25/h3-7,10-15,20,25,36-37H,2,8-9,16-19,21-24H2,1H3,(H,38,41)/b33-32-. The van der Waals surface area contributed by atoms with Gasteiger partial charge in [0.25, 0.3) is 5.91 Å². The van der Waals surface area contributed by atoms with Crippen LogP contribution >= 0.6 is 0 Å². The van der Waals surface area contributed by atoms with E-state index < -0.39 is 10.0 Å². The quantitative estimate of drug-likeness (QED) is 0.272. The summed E-state index contributed by atoms with van der Waals surface area (Å²) in [4.78, 5) is 18.8. The first kappa shape index (κ1) is 29.2. The molecule has 3 aromatic carbocycles. The van der Waals surface area contributed by atoms with Gasteiger partial charge in [-0.15, -0.1) is 0 Å². The zero-order chi connectivity index (χ0) is 30.3. The minimum Gasteiger partial charge on any atom is -0.354 e. The lowest BCUT2D eigenvalue weighted by molar-refractivity contribution is -0.110. The summed E-state index contributed by atoms with van der Waals surface area (Å²) in [6.45, 7) is 9.53. The van der Waals surface area contributed by atoms with Gasteiger partial charge in [0.1, 0.15) is 0 Å². The fourth-order valence-electron chi connectivity index (χ4n) is 6.97. The third-order valence-electron chi connectivity index (χ3n) is 9.73. The summed E-state index contributed by atoms with van der Waals surface area (Å²) in [6.07, 6.45) is 4.70. The minimum atomic E-state index is -3.69. The fraction of sp³-hybridized carbons (Fsp3) is 0.400. The Labute approximate surface area is 260 Å². The van der Waals surface area contributed by atoms with Crippen LogP contribution in [0.5, 0.6) is 0 Å². The number of hydrogen-bond donors (Lipinski definition) is 3. The van der Waals surface area contributed by atoms with Crippen LogP contribution in [0.4, 0.5) is 11.4 Å². The average Bonchev–Trinajstić information content (AvgIpc) is 3.53. The number of sulfonamides is 1. The van der Waals surface area contributed by atoms with Crippen molar-refractivity contribution in [2.75, 3.05) is 49.9 Å². The number of carbonyl (C=O) groups excluding carboxylic acids is 1. The van der Waals surface area contributed by atoms with Crippen LogP contribution in [0.1, 0.15) is 49.3 Å². The molecule has 44 heavy (non-hydrogen) atoms. The van der Waals surface area contributed by atoms with Gasteiger partial charge in [0, 0.05) is 43.1 Å². The van der Waals surface area contributed by atoms with E-state index >= 15 is 0 Å². The molecule has 7 rings (SSSR count). The number of anilines is 2. The second-order valence-electron chi connectivity index (χ2n) is 13.0. The molecule has 9 heteroatoms. The summed E-state index contributed by atoms with van der Waals surface area (Å²) >= 11 is 0. The highest BCUT2D eigenvalue weighted by atomic mass is 32.2. The molecule has 2 saturated heterocycles. The van der Waals surface area contributed by atoms with Crippen LogP contribution in [0.3, 0.4) is 0 Å². The maximum atomic E-state index is 13.4. The first-order chi connectivity index (χ1) is 21.3. The summed E-state index contributed by atoms with van der Waals surface area (Å²) in [5, 5.41) is 6.46. The average molecular weight is 612 g/mol. The van der Waals surface area contributed by atoms with Gasteiger partial charge >= 0.3 is 0 Å². The van der Waals surface area contributed by atoms with Crippen molar-refractivity contribution in [1.82, 2.24) is 14.5 Å². The molecule has 230 valence electrons. The number of rotatable bonds is 10. The van der Waals surface area contributed by atoms with E-state index in [-0.39, 0.29) is 10.8 Å². The molecule has 1 saturated carbocycles. The van der Waals surface area contributed by atoms with E-state index in [2.05, 4.69) is 56.3 Å². The van der Waals surface area contributed by atoms with Crippen LogP contribution in [0.25, 0.3) is 11.3 Å². The second-order valence-corrected chi connectivity index (χ2v) is 14.7. The molecule has 3 N–H and O–H groups in total. The molecule has 0 aromatic heterocycles. The number of benzene rings is 3. The first-order valence-corrected chi connectivity index (χ1v) is 17.3. The number of likely N-dealkylation sites (tertiary alicyclic amines) is 2. The molecule has 1 aliphatic carbocycles. The van der Waals surface area contributed by atoms with Crippen molar-refractivity contribution in [2.45, 2.75) is 44.0 Å². The maximum Gasteiger partial charge on any atom is 0.258 e. The summed E-state index contributed by atoms with van der Waals surface area (Å²) in [7, 11) is -3.69. The third-order valence-corrected chi connectivity index (χ3v) is 11.2. The lowest BCUT2D eigenvalue weighted by Crippen LogP contribution is -2.30. The van der Waals surface area contributed by atoms with Crippen molar-refractivity contribution in [2.24, 2.45) is 11.3 Å². The third kappa shape index (κ3) is 6.06. The molecule has 4 aliphatic rings. The van der Waals surface area contributed by atoms with Gasteiger partial charge in [0.2, 0.25) is 10.0 Å². The lowest BCUT2D eigenvalue weighted by atomic mass is 9.86. The molecular formula is C35H41N5O3S. The van der Waals surface area contributed by atoms with Gasteiger partial charge in [0.05, 0.1) is 16.2 Å². The highest BCUT2D eigenvalue weighted by molar-refractivity contribution is 7.89. The number of nitrogens with zero attached hydrogens (tertiary/aromatic N) is 2. The number of carbonyl (C=O) groups is 1. The monoisotopic (exact) mass is 611 g/mol. The Balaban J connectivity index is 1.14. The number of hydrogen-bond acceptors (Lipinski definition) is 6. The highest BCUT2D eigenvalue weighted by Gasteiger charge is 2.42. The van der Waals surface area contributed by atoms with Crippen molar-refractivity contribution in [1.29, 1.82) is 0 Å². The molecule has 0 bridgehead atoms. The van der Waals surface area contributed by atoms with E-state index in [4.69, 9.17) is 0 Å². The summed E-state index contributed by atoms with van der Waals surface area (Å²) in [5.41, 5.74) is 5.67. The van der Waals surface area contributed by atoms with E-state index in [1.807, 2.05) is 30.3 Å². The van der Waals surface area contributed by atoms with E-state index in [0.717, 1.165) is 50.3 Å². The molecule has 0 radical (unpaired) electrons. The van der Waals surface area contributed by atoms with Crippen LogP contribution in [0, 0.1) is 11.3 Å². The summed E-state index contributed by atoms with van der Waals surface area (Å²) in [5.74, 6) is 0.157. The van der Waals surface area contributed by atoms with Crippen LogP contribution in [0.15, 0.2) is 77.7 Å². The highest BCUT2D eigenvalue weighted by Crippen LogP contribution is 2.41. The molecular weight excluding hydrogens is 570 g/mol. The van der Waals surface area contributed by atoms with Crippen molar-refractivity contribution >= 4 is 38.6 Å². The molecule has 1 spiro atoms.